The monoisotopic (exact) mass is 275 g/mol. The van der Waals surface area contributed by atoms with E-state index >= 15 is 0 Å². The number of benzene rings is 1. The summed E-state index contributed by atoms with van der Waals surface area (Å²) in [5, 5.41) is 1.89. The number of nitrogen functional groups attached to an aromatic ring is 1. The van der Waals surface area contributed by atoms with Crippen molar-refractivity contribution in [3.8, 4) is 5.75 Å². The van der Waals surface area contributed by atoms with Crippen molar-refractivity contribution in [2.75, 3.05) is 12.3 Å². The summed E-state index contributed by atoms with van der Waals surface area (Å²) in [5.41, 5.74) is 7.02. The first-order valence-corrected chi connectivity index (χ1v) is 7.06. The van der Waals surface area contributed by atoms with E-state index in [0.717, 1.165) is 4.88 Å². The minimum Gasteiger partial charge on any atom is -0.491 e. The topological polar surface area (TPSA) is 52.3 Å². The third kappa shape index (κ3) is 3.35. The smallest absolute Gasteiger partial charge is 0.203 e. The number of nitrogens with two attached hydrogens (primary N) is 1. The number of thiophene rings is 1. The van der Waals surface area contributed by atoms with Crippen molar-refractivity contribution >= 4 is 22.8 Å². The van der Waals surface area contributed by atoms with Gasteiger partial charge in [0.1, 0.15) is 5.75 Å². The van der Waals surface area contributed by atoms with Gasteiger partial charge in [-0.2, -0.15) is 0 Å². The fourth-order valence-electron chi connectivity index (χ4n) is 1.63. The molecule has 0 unspecified atom stereocenters. The second-order valence-electron chi connectivity index (χ2n) is 4.76. The molecule has 0 bridgehead atoms. The van der Waals surface area contributed by atoms with Gasteiger partial charge in [0.15, 0.2) is 0 Å². The van der Waals surface area contributed by atoms with Crippen molar-refractivity contribution in [2.24, 2.45) is 5.92 Å². The number of rotatable bonds is 5. The molecule has 0 radical (unpaired) electrons. The molecule has 2 rings (SSSR count). The summed E-state index contributed by atoms with van der Waals surface area (Å²) in [7, 11) is 0. The van der Waals surface area contributed by atoms with Gasteiger partial charge in [-0.05, 0) is 35.6 Å². The van der Waals surface area contributed by atoms with Gasteiger partial charge in [0, 0.05) is 5.56 Å². The molecule has 100 valence electrons. The highest BCUT2D eigenvalue weighted by molar-refractivity contribution is 7.12. The lowest BCUT2D eigenvalue weighted by molar-refractivity contribution is 0.104. The van der Waals surface area contributed by atoms with Crippen LogP contribution in [-0.4, -0.2) is 12.4 Å². The zero-order valence-electron chi connectivity index (χ0n) is 11.1. The summed E-state index contributed by atoms with van der Waals surface area (Å²) < 4.78 is 5.59. The van der Waals surface area contributed by atoms with Crippen LogP contribution >= 0.6 is 11.3 Å². The molecule has 4 heteroatoms. The van der Waals surface area contributed by atoms with Crippen LogP contribution in [0, 0.1) is 5.92 Å². The fourth-order valence-corrected chi connectivity index (χ4v) is 2.31. The second-order valence-corrected chi connectivity index (χ2v) is 5.71. The van der Waals surface area contributed by atoms with Crippen LogP contribution < -0.4 is 10.5 Å². The van der Waals surface area contributed by atoms with Crippen molar-refractivity contribution in [1.82, 2.24) is 0 Å². The number of ketones is 1. The Labute approximate surface area is 117 Å². The van der Waals surface area contributed by atoms with Crippen LogP contribution in [0.2, 0.25) is 0 Å². The van der Waals surface area contributed by atoms with Crippen LogP contribution in [0.15, 0.2) is 35.7 Å². The van der Waals surface area contributed by atoms with E-state index in [1.807, 2.05) is 17.5 Å². The maximum Gasteiger partial charge on any atom is 0.203 e. The zero-order valence-corrected chi connectivity index (χ0v) is 11.9. The van der Waals surface area contributed by atoms with E-state index in [4.69, 9.17) is 10.5 Å². The molecule has 2 N–H and O–H groups in total. The molecule has 0 amide bonds. The molecular weight excluding hydrogens is 258 g/mol. The van der Waals surface area contributed by atoms with Crippen LogP contribution in [0.4, 0.5) is 5.69 Å². The molecule has 0 fully saturated rings. The number of carbonyl (C=O) groups is 1. The van der Waals surface area contributed by atoms with E-state index in [1.54, 1.807) is 18.2 Å². The molecule has 0 spiro atoms. The largest absolute Gasteiger partial charge is 0.491 e. The van der Waals surface area contributed by atoms with Gasteiger partial charge in [-0.3, -0.25) is 4.79 Å². The zero-order chi connectivity index (χ0) is 13.8. The summed E-state index contributed by atoms with van der Waals surface area (Å²) in [4.78, 5) is 12.9. The quantitative estimate of drug-likeness (QED) is 0.670. The third-order valence-corrected chi connectivity index (χ3v) is 3.46. The van der Waals surface area contributed by atoms with Crippen molar-refractivity contribution in [2.45, 2.75) is 13.8 Å². The average molecular weight is 275 g/mol. The van der Waals surface area contributed by atoms with Gasteiger partial charge in [-0.1, -0.05) is 19.9 Å². The lowest BCUT2D eigenvalue weighted by Gasteiger charge is -2.11. The van der Waals surface area contributed by atoms with Crippen LogP contribution in [0.25, 0.3) is 0 Å². The van der Waals surface area contributed by atoms with E-state index < -0.39 is 0 Å². The van der Waals surface area contributed by atoms with Gasteiger partial charge in [-0.15, -0.1) is 11.3 Å². The Bertz CT molecular complexity index is 562. The molecule has 1 aromatic heterocycles. The minimum absolute atomic E-state index is 0.00268. The van der Waals surface area contributed by atoms with Gasteiger partial charge in [0.2, 0.25) is 5.78 Å². The van der Waals surface area contributed by atoms with Crippen LogP contribution in [0.1, 0.15) is 29.1 Å². The highest BCUT2D eigenvalue weighted by Gasteiger charge is 2.12. The third-order valence-electron chi connectivity index (χ3n) is 2.59. The molecule has 0 aliphatic rings. The predicted octanol–water partition coefficient (Wildman–Crippen LogP) is 3.60. The molecule has 2 aromatic rings. The van der Waals surface area contributed by atoms with Crippen molar-refractivity contribution in [1.29, 1.82) is 0 Å². The van der Waals surface area contributed by atoms with Crippen molar-refractivity contribution in [3.05, 3.63) is 46.2 Å². The fraction of sp³-hybridized carbons (Fsp3) is 0.267. The standard InChI is InChI=1S/C15H17NO2S/c1-10(2)9-18-13-6-5-11(8-12(13)16)15(17)14-4-3-7-19-14/h3-8,10H,9,16H2,1-2H3. The van der Waals surface area contributed by atoms with Crippen LogP contribution in [0.3, 0.4) is 0 Å². The molecule has 0 saturated heterocycles. The number of hydrogen-bond donors (Lipinski definition) is 1. The molecule has 3 nitrogen and oxygen atoms in total. The Balaban J connectivity index is 2.17. The Morgan fingerprint density at radius 2 is 2.16 bits per heavy atom. The lowest BCUT2D eigenvalue weighted by atomic mass is 10.1. The number of anilines is 1. The highest BCUT2D eigenvalue weighted by atomic mass is 32.1. The van der Waals surface area contributed by atoms with Gasteiger partial charge in [0.05, 0.1) is 17.2 Å². The normalized spacial score (nSPS) is 10.7. The van der Waals surface area contributed by atoms with Gasteiger partial charge in [-0.25, -0.2) is 0 Å². The molecule has 1 aromatic carbocycles. The van der Waals surface area contributed by atoms with Gasteiger partial charge in [0.25, 0.3) is 0 Å². The SMILES string of the molecule is CC(C)COc1ccc(C(=O)c2cccs2)cc1N. The summed E-state index contributed by atoms with van der Waals surface area (Å²) in [6.07, 6.45) is 0. The van der Waals surface area contributed by atoms with Crippen LogP contribution in [-0.2, 0) is 0 Å². The number of ether oxygens (including phenoxy) is 1. The van der Waals surface area contributed by atoms with E-state index in [0.29, 0.717) is 29.5 Å². The van der Waals surface area contributed by atoms with E-state index in [9.17, 15) is 4.79 Å². The first kappa shape index (κ1) is 13.6. The molecule has 0 saturated carbocycles. The predicted molar refractivity (Wildman–Crippen MR) is 78.9 cm³/mol. The first-order chi connectivity index (χ1) is 9.08. The van der Waals surface area contributed by atoms with E-state index in [2.05, 4.69) is 13.8 Å². The summed E-state index contributed by atoms with van der Waals surface area (Å²) in [5.74, 6) is 1.07. The molecule has 1 heterocycles. The number of carbonyl (C=O) groups excluding carboxylic acids is 1. The molecule has 0 atom stereocenters. The van der Waals surface area contributed by atoms with Crippen molar-refractivity contribution < 1.29 is 9.53 Å². The Morgan fingerprint density at radius 3 is 2.74 bits per heavy atom. The first-order valence-electron chi connectivity index (χ1n) is 6.18. The minimum atomic E-state index is -0.00268. The molecule has 0 aliphatic heterocycles. The van der Waals surface area contributed by atoms with Crippen LogP contribution in [0.5, 0.6) is 5.75 Å². The molecular formula is C15H17NO2S. The maximum absolute atomic E-state index is 12.2. The lowest BCUT2D eigenvalue weighted by Crippen LogP contribution is -2.07. The van der Waals surface area contributed by atoms with E-state index in [-0.39, 0.29) is 5.78 Å². The van der Waals surface area contributed by atoms with Crippen molar-refractivity contribution in [3.63, 3.8) is 0 Å². The average Bonchev–Trinajstić information content (AvgIpc) is 2.90. The Kier molecular flexibility index (Phi) is 4.22. The van der Waals surface area contributed by atoms with Gasteiger partial charge >= 0.3 is 0 Å². The van der Waals surface area contributed by atoms with E-state index in [1.165, 1.54) is 11.3 Å². The van der Waals surface area contributed by atoms with Gasteiger partial charge < -0.3 is 10.5 Å². The number of hydrogen-bond acceptors (Lipinski definition) is 4. The Morgan fingerprint density at radius 1 is 1.37 bits per heavy atom. The highest BCUT2D eigenvalue weighted by Crippen LogP contribution is 2.25. The second kappa shape index (κ2) is 5.89. The summed E-state index contributed by atoms with van der Waals surface area (Å²) >= 11 is 1.43. The summed E-state index contributed by atoms with van der Waals surface area (Å²) in [6, 6.07) is 8.87. The Hall–Kier alpha value is -1.81. The molecule has 0 aliphatic carbocycles. The maximum atomic E-state index is 12.2. The molecule has 19 heavy (non-hydrogen) atoms. The summed E-state index contributed by atoms with van der Waals surface area (Å²) in [6.45, 7) is 4.76.